The molecule has 1 unspecified atom stereocenters. The van der Waals surface area contributed by atoms with Gasteiger partial charge in [-0.15, -0.1) is 0 Å². The van der Waals surface area contributed by atoms with Gasteiger partial charge in [-0.3, -0.25) is 4.90 Å². The van der Waals surface area contributed by atoms with Crippen LogP contribution in [0.1, 0.15) is 39.0 Å². The van der Waals surface area contributed by atoms with E-state index in [0.717, 1.165) is 24.9 Å². The Kier molecular flexibility index (Phi) is 2.55. The maximum Gasteiger partial charge on any atom is 0.0657 e. The van der Waals surface area contributed by atoms with Crippen molar-refractivity contribution in [2.24, 2.45) is 5.92 Å². The lowest BCUT2D eigenvalue weighted by Crippen LogP contribution is -2.42. The van der Waals surface area contributed by atoms with Crippen LogP contribution < -0.4 is 0 Å². The predicted molar refractivity (Wildman–Crippen MR) is 52.1 cm³/mol. The Balaban J connectivity index is 2.01. The Morgan fingerprint density at radius 1 is 1.31 bits per heavy atom. The Hall–Kier alpha value is -0.550. The zero-order chi connectivity index (χ0) is 9.26. The average molecular weight is 178 g/mol. The van der Waals surface area contributed by atoms with Crippen molar-refractivity contribution in [1.82, 2.24) is 4.90 Å². The predicted octanol–water partition coefficient (Wildman–Crippen LogP) is 2.16. The second-order valence-corrected chi connectivity index (χ2v) is 4.42. The summed E-state index contributed by atoms with van der Waals surface area (Å²) in [7, 11) is 0. The number of nitrogens with zero attached hydrogens (tertiary/aromatic N) is 2. The largest absolute Gasteiger partial charge is 0.297 e. The fourth-order valence-electron chi connectivity index (χ4n) is 3.00. The van der Waals surface area contributed by atoms with Crippen LogP contribution in [-0.2, 0) is 0 Å². The van der Waals surface area contributed by atoms with E-state index in [4.69, 9.17) is 5.26 Å². The van der Waals surface area contributed by atoms with Crippen molar-refractivity contribution in [3.63, 3.8) is 0 Å². The molecular weight excluding hydrogens is 160 g/mol. The van der Waals surface area contributed by atoms with Crippen LogP contribution >= 0.6 is 0 Å². The van der Waals surface area contributed by atoms with Crippen molar-refractivity contribution in [1.29, 1.82) is 5.26 Å². The van der Waals surface area contributed by atoms with Gasteiger partial charge in [-0.05, 0) is 38.6 Å². The Morgan fingerprint density at radius 2 is 1.92 bits per heavy atom. The summed E-state index contributed by atoms with van der Waals surface area (Å²) >= 11 is 0. The van der Waals surface area contributed by atoms with Gasteiger partial charge < -0.3 is 0 Å². The molecule has 2 aliphatic rings. The van der Waals surface area contributed by atoms with E-state index in [-0.39, 0.29) is 0 Å². The minimum atomic E-state index is 0.352. The van der Waals surface area contributed by atoms with E-state index in [0.29, 0.717) is 5.92 Å². The minimum Gasteiger partial charge on any atom is -0.297 e. The van der Waals surface area contributed by atoms with Gasteiger partial charge in [0.1, 0.15) is 0 Å². The summed E-state index contributed by atoms with van der Waals surface area (Å²) in [4.78, 5) is 2.65. The Morgan fingerprint density at radius 3 is 2.38 bits per heavy atom. The fraction of sp³-hybridized carbons (Fsp3) is 0.909. The summed E-state index contributed by atoms with van der Waals surface area (Å²) in [5.41, 5.74) is 0. The lowest BCUT2D eigenvalue weighted by Gasteiger charge is -2.36. The van der Waals surface area contributed by atoms with Gasteiger partial charge in [0.25, 0.3) is 0 Å². The normalized spacial score (nSPS) is 38.9. The van der Waals surface area contributed by atoms with Gasteiger partial charge in [0.15, 0.2) is 0 Å². The molecule has 0 N–H and O–H groups in total. The first-order valence-electron chi connectivity index (χ1n) is 5.50. The van der Waals surface area contributed by atoms with Gasteiger partial charge in [-0.1, -0.05) is 6.92 Å². The van der Waals surface area contributed by atoms with Gasteiger partial charge in [0.05, 0.1) is 6.07 Å². The van der Waals surface area contributed by atoms with E-state index < -0.39 is 0 Å². The average Bonchev–Trinajstić information content (AvgIpc) is 2.39. The fourth-order valence-corrected chi connectivity index (χ4v) is 3.00. The maximum absolute atomic E-state index is 8.90. The molecule has 3 atom stereocenters. The lowest BCUT2D eigenvalue weighted by atomic mass is 9.92. The van der Waals surface area contributed by atoms with Crippen LogP contribution in [0.15, 0.2) is 0 Å². The van der Waals surface area contributed by atoms with Crippen LogP contribution in [0, 0.1) is 17.2 Å². The van der Waals surface area contributed by atoms with Gasteiger partial charge in [-0.2, -0.15) is 5.26 Å². The highest BCUT2D eigenvalue weighted by Gasteiger charge is 2.39. The van der Waals surface area contributed by atoms with Crippen molar-refractivity contribution >= 4 is 0 Å². The highest BCUT2D eigenvalue weighted by molar-refractivity contribution is 5.00. The smallest absolute Gasteiger partial charge is 0.0657 e. The molecule has 2 fully saturated rings. The van der Waals surface area contributed by atoms with Crippen molar-refractivity contribution in [3.8, 4) is 6.07 Å². The molecule has 2 heterocycles. The van der Waals surface area contributed by atoms with Gasteiger partial charge in [-0.25, -0.2) is 0 Å². The van der Waals surface area contributed by atoms with Crippen LogP contribution in [-0.4, -0.2) is 23.5 Å². The molecule has 2 aliphatic heterocycles. The lowest BCUT2D eigenvalue weighted by molar-refractivity contribution is 0.121. The summed E-state index contributed by atoms with van der Waals surface area (Å²) in [6, 6.07) is 3.92. The molecule has 0 saturated carbocycles. The molecule has 0 radical (unpaired) electrons. The van der Waals surface area contributed by atoms with Gasteiger partial charge in [0.2, 0.25) is 0 Å². The molecule has 0 aliphatic carbocycles. The van der Waals surface area contributed by atoms with Crippen molar-refractivity contribution in [2.75, 3.05) is 6.54 Å². The molecule has 13 heavy (non-hydrogen) atoms. The number of hydrogen-bond donors (Lipinski definition) is 0. The van der Waals surface area contributed by atoms with E-state index in [2.05, 4.69) is 17.9 Å². The van der Waals surface area contributed by atoms with Crippen LogP contribution in [0.3, 0.4) is 0 Å². The zero-order valence-electron chi connectivity index (χ0n) is 8.37. The summed E-state index contributed by atoms with van der Waals surface area (Å²) in [6.45, 7) is 3.49. The number of nitriles is 1. The third-order valence-corrected chi connectivity index (χ3v) is 3.55. The molecule has 0 spiro atoms. The SMILES string of the molecule is CCCN1[C@@H]2CC[C@H]1CC(C#N)C2. The first-order valence-corrected chi connectivity index (χ1v) is 5.50. The van der Waals surface area contributed by atoms with E-state index in [1.165, 1.54) is 25.8 Å². The Bertz CT molecular complexity index is 205. The summed E-state index contributed by atoms with van der Waals surface area (Å²) in [5.74, 6) is 0.352. The van der Waals surface area contributed by atoms with Crippen LogP contribution in [0.5, 0.6) is 0 Å². The number of fused-ring (bicyclic) bond motifs is 2. The topological polar surface area (TPSA) is 27.0 Å². The van der Waals surface area contributed by atoms with Crippen molar-refractivity contribution in [3.05, 3.63) is 0 Å². The van der Waals surface area contributed by atoms with E-state index in [1.807, 2.05) is 0 Å². The zero-order valence-corrected chi connectivity index (χ0v) is 8.37. The molecule has 2 heteroatoms. The first kappa shape index (κ1) is 9.02. The molecule has 2 bridgehead atoms. The third-order valence-electron chi connectivity index (χ3n) is 3.55. The highest BCUT2D eigenvalue weighted by Crippen LogP contribution is 2.38. The molecule has 2 rings (SSSR count). The van der Waals surface area contributed by atoms with Crippen LogP contribution in [0.4, 0.5) is 0 Å². The quantitative estimate of drug-likeness (QED) is 0.648. The number of rotatable bonds is 2. The molecule has 72 valence electrons. The monoisotopic (exact) mass is 178 g/mol. The van der Waals surface area contributed by atoms with Crippen molar-refractivity contribution < 1.29 is 0 Å². The van der Waals surface area contributed by atoms with E-state index in [1.54, 1.807) is 0 Å². The number of hydrogen-bond acceptors (Lipinski definition) is 2. The first-order chi connectivity index (χ1) is 6.35. The molecule has 2 saturated heterocycles. The summed E-state index contributed by atoms with van der Waals surface area (Å²) < 4.78 is 0. The standard InChI is InChI=1S/C11H18N2/c1-2-5-13-10-3-4-11(13)7-9(6-10)8-12/h9-11H,2-7H2,1H3/t9?,10-,11+. The van der Waals surface area contributed by atoms with Gasteiger partial charge in [0, 0.05) is 18.0 Å². The number of piperidine rings is 1. The van der Waals surface area contributed by atoms with E-state index >= 15 is 0 Å². The molecule has 0 aromatic heterocycles. The second kappa shape index (κ2) is 3.67. The van der Waals surface area contributed by atoms with Gasteiger partial charge >= 0.3 is 0 Å². The molecule has 0 aromatic rings. The van der Waals surface area contributed by atoms with Crippen LogP contribution in [0.25, 0.3) is 0 Å². The summed E-state index contributed by atoms with van der Waals surface area (Å²) in [6.07, 6.45) is 6.19. The summed E-state index contributed by atoms with van der Waals surface area (Å²) in [5, 5.41) is 8.90. The Labute approximate surface area is 80.5 Å². The van der Waals surface area contributed by atoms with Crippen LogP contribution in [0.2, 0.25) is 0 Å². The molecule has 0 amide bonds. The third kappa shape index (κ3) is 1.58. The maximum atomic E-state index is 8.90. The highest BCUT2D eigenvalue weighted by atomic mass is 15.2. The van der Waals surface area contributed by atoms with E-state index in [9.17, 15) is 0 Å². The van der Waals surface area contributed by atoms with Crippen molar-refractivity contribution in [2.45, 2.75) is 51.1 Å². The molecule has 2 nitrogen and oxygen atoms in total. The second-order valence-electron chi connectivity index (χ2n) is 4.42. The molecule has 0 aromatic carbocycles. The minimum absolute atomic E-state index is 0.352. The molecular formula is C11H18N2.